The van der Waals surface area contributed by atoms with Gasteiger partial charge in [0.1, 0.15) is 11.9 Å². The molecular weight excluding hydrogens is 273 g/mol. The van der Waals surface area contributed by atoms with Crippen LogP contribution in [-0.2, 0) is 4.79 Å². The molecule has 6 heteroatoms. The maximum Gasteiger partial charge on any atom is 0.257 e. The molecule has 0 bridgehead atoms. The fourth-order valence-corrected chi connectivity index (χ4v) is 2.38. The number of likely N-dealkylation sites (tertiary alicyclic amines) is 1. The van der Waals surface area contributed by atoms with Crippen LogP contribution in [0.5, 0.6) is 0 Å². The number of primary amides is 1. The highest BCUT2D eigenvalue weighted by Gasteiger charge is 2.34. The van der Waals surface area contributed by atoms with E-state index in [1.54, 1.807) is 6.07 Å². The smallest absolute Gasteiger partial charge is 0.257 e. The summed E-state index contributed by atoms with van der Waals surface area (Å²) in [6.07, 6.45) is 1.20. The van der Waals surface area contributed by atoms with Crippen molar-refractivity contribution in [1.82, 2.24) is 4.90 Å². The minimum absolute atomic E-state index is 0.0820. The van der Waals surface area contributed by atoms with E-state index < -0.39 is 23.7 Å². The largest absolute Gasteiger partial charge is 0.368 e. The maximum atomic E-state index is 14.0. The summed E-state index contributed by atoms with van der Waals surface area (Å²) < 4.78 is 14.0. The zero-order valence-corrected chi connectivity index (χ0v) is 11.4. The number of nitrogens with two attached hydrogens (primary N) is 2. The lowest BCUT2D eigenvalue weighted by atomic mass is 10.1. The third-order valence-electron chi connectivity index (χ3n) is 3.38. The average molecular weight is 289 g/mol. The van der Waals surface area contributed by atoms with E-state index in [1.165, 1.54) is 17.0 Å². The van der Waals surface area contributed by atoms with Gasteiger partial charge in [-0.05, 0) is 31.0 Å². The van der Waals surface area contributed by atoms with Crippen molar-refractivity contribution in [2.75, 3.05) is 13.1 Å². The number of amides is 2. The fraction of sp³-hybridized carbons (Fsp3) is 0.333. The van der Waals surface area contributed by atoms with Crippen molar-refractivity contribution in [3.63, 3.8) is 0 Å². The molecule has 1 fully saturated rings. The van der Waals surface area contributed by atoms with Crippen LogP contribution >= 0.6 is 0 Å². The quantitative estimate of drug-likeness (QED) is 0.764. The summed E-state index contributed by atoms with van der Waals surface area (Å²) in [6, 6.07) is 3.45. The lowest BCUT2D eigenvalue weighted by Crippen LogP contribution is -2.43. The third kappa shape index (κ3) is 3.20. The minimum Gasteiger partial charge on any atom is -0.368 e. The Morgan fingerprint density at radius 1 is 1.43 bits per heavy atom. The standard InChI is InChI=1S/C15H16FN3O2/c16-12-9-10(3-1-7-17)5-6-11(12)15(21)19-8-2-4-13(19)14(18)20/h5-6,9,13H,2,4,7-8,17H2,(H2,18,20). The molecule has 110 valence electrons. The SMILES string of the molecule is NCC#Cc1ccc(C(=O)N2CCCC2C(N)=O)c(F)c1. The molecule has 1 saturated heterocycles. The lowest BCUT2D eigenvalue weighted by molar-refractivity contribution is -0.121. The summed E-state index contributed by atoms with van der Waals surface area (Å²) in [5.74, 6) is 3.55. The maximum absolute atomic E-state index is 14.0. The van der Waals surface area contributed by atoms with E-state index in [1.807, 2.05) is 0 Å². The van der Waals surface area contributed by atoms with Crippen molar-refractivity contribution < 1.29 is 14.0 Å². The second kappa shape index (κ2) is 6.37. The van der Waals surface area contributed by atoms with Gasteiger partial charge in [-0.3, -0.25) is 9.59 Å². The summed E-state index contributed by atoms with van der Waals surface area (Å²) in [5, 5.41) is 0. The first-order valence-electron chi connectivity index (χ1n) is 6.63. The molecule has 2 rings (SSSR count). The van der Waals surface area contributed by atoms with Gasteiger partial charge in [-0.2, -0.15) is 0 Å². The van der Waals surface area contributed by atoms with Crippen LogP contribution in [0.2, 0.25) is 0 Å². The highest BCUT2D eigenvalue weighted by Crippen LogP contribution is 2.21. The fourth-order valence-electron chi connectivity index (χ4n) is 2.38. The molecule has 0 spiro atoms. The Kier molecular flexibility index (Phi) is 4.55. The number of halogens is 1. The van der Waals surface area contributed by atoms with E-state index in [0.717, 1.165) is 0 Å². The van der Waals surface area contributed by atoms with Crippen LogP contribution in [0.15, 0.2) is 18.2 Å². The Morgan fingerprint density at radius 2 is 2.19 bits per heavy atom. The van der Waals surface area contributed by atoms with Crippen molar-refractivity contribution in [2.45, 2.75) is 18.9 Å². The highest BCUT2D eigenvalue weighted by molar-refractivity contribution is 5.98. The number of benzene rings is 1. The van der Waals surface area contributed by atoms with Crippen molar-refractivity contribution >= 4 is 11.8 Å². The van der Waals surface area contributed by atoms with E-state index in [-0.39, 0.29) is 12.1 Å². The van der Waals surface area contributed by atoms with Gasteiger partial charge in [0.15, 0.2) is 0 Å². The van der Waals surface area contributed by atoms with E-state index in [2.05, 4.69) is 11.8 Å². The Labute approximate surface area is 122 Å². The molecule has 0 aromatic heterocycles. The van der Waals surface area contributed by atoms with E-state index in [4.69, 9.17) is 11.5 Å². The van der Waals surface area contributed by atoms with Crippen molar-refractivity contribution in [3.05, 3.63) is 35.1 Å². The van der Waals surface area contributed by atoms with Crippen LogP contribution in [0, 0.1) is 17.7 Å². The first-order valence-corrected chi connectivity index (χ1v) is 6.63. The van der Waals surface area contributed by atoms with Gasteiger partial charge in [0.25, 0.3) is 5.91 Å². The molecule has 1 aliphatic rings. The molecule has 1 aliphatic heterocycles. The van der Waals surface area contributed by atoms with E-state index in [0.29, 0.717) is 24.9 Å². The van der Waals surface area contributed by atoms with Crippen LogP contribution in [-0.4, -0.2) is 35.8 Å². The summed E-state index contributed by atoms with van der Waals surface area (Å²) in [4.78, 5) is 25.0. The summed E-state index contributed by atoms with van der Waals surface area (Å²) in [6.45, 7) is 0.580. The summed E-state index contributed by atoms with van der Waals surface area (Å²) in [5.41, 5.74) is 10.9. The number of hydrogen-bond donors (Lipinski definition) is 2. The summed E-state index contributed by atoms with van der Waals surface area (Å²) >= 11 is 0. The molecule has 0 radical (unpaired) electrons. The molecule has 5 nitrogen and oxygen atoms in total. The van der Waals surface area contributed by atoms with Gasteiger partial charge in [0.05, 0.1) is 12.1 Å². The minimum atomic E-state index is -0.668. The van der Waals surface area contributed by atoms with Crippen molar-refractivity contribution in [2.24, 2.45) is 11.5 Å². The average Bonchev–Trinajstić information content (AvgIpc) is 2.94. The molecule has 2 amide bonds. The lowest BCUT2D eigenvalue weighted by Gasteiger charge is -2.22. The molecule has 0 saturated carbocycles. The Hall–Kier alpha value is -2.39. The van der Waals surface area contributed by atoms with E-state index >= 15 is 0 Å². The second-order valence-corrected chi connectivity index (χ2v) is 4.76. The highest BCUT2D eigenvalue weighted by atomic mass is 19.1. The Morgan fingerprint density at radius 3 is 2.81 bits per heavy atom. The number of carbonyl (C=O) groups excluding carboxylic acids is 2. The molecule has 1 atom stereocenters. The normalized spacial score (nSPS) is 17.2. The van der Waals surface area contributed by atoms with Gasteiger partial charge in [-0.15, -0.1) is 0 Å². The van der Waals surface area contributed by atoms with Gasteiger partial charge >= 0.3 is 0 Å². The Bertz CT molecular complexity index is 634. The van der Waals surface area contributed by atoms with Gasteiger partial charge < -0.3 is 16.4 Å². The molecule has 4 N–H and O–H groups in total. The van der Waals surface area contributed by atoms with Gasteiger partial charge in [-0.25, -0.2) is 4.39 Å². The molecule has 21 heavy (non-hydrogen) atoms. The zero-order chi connectivity index (χ0) is 15.4. The van der Waals surface area contributed by atoms with E-state index in [9.17, 15) is 14.0 Å². The number of nitrogens with zero attached hydrogens (tertiary/aromatic N) is 1. The van der Waals surface area contributed by atoms with Crippen LogP contribution in [0.1, 0.15) is 28.8 Å². The Balaban J connectivity index is 2.25. The number of rotatable bonds is 2. The second-order valence-electron chi connectivity index (χ2n) is 4.76. The van der Waals surface area contributed by atoms with Crippen LogP contribution in [0.4, 0.5) is 4.39 Å². The van der Waals surface area contributed by atoms with Gasteiger partial charge in [0.2, 0.25) is 5.91 Å². The first kappa shape index (κ1) is 15.0. The van der Waals surface area contributed by atoms with Crippen LogP contribution in [0.25, 0.3) is 0 Å². The molecule has 1 aromatic rings. The topological polar surface area (TPSA) is 89.4 Å². The van der Waals surface area contributed by atoms with Gasteiger partial charge in [0, 0.05) is 12.1 Å². The monoisotopic (exact) mass is 289 g/mol. The van der Waals surface area contributed by atoms with Gasteiger partial charge in [-0.1, -0.05) is 11.8 Å². The predicted octanol–water partition coefficient (Wildman–Crippen LogP) is 0.226. The number of carbonyl (C=O) groups is 2. The molecule has 0 aliphatic carbocycles. The molecular formula is C15H16FN3O2. The molecule has 1 heterocycles. The van der Waals surface area contributed by atoms with Crippen molar-refractivity contribution in [3.8, 4) is 11.8 Å². The first-order chi connectivity index (χ1) is 10.0. The molecule has 1 aromatic carbocycles. The number of hydrogen-bond acceptors (Lipinski definition) is 3. The van der Waals surface area contributed by atoms with Crippen LogP contribution < -0.4 is 11.5 Å². The third-order valence-corrected chi connectivity index (χ3v) is 3.38. The zero-order valence-electron chi connectivity index (χ0n) is 11.4. The van der Waals surface area contributed by atoms with Crippen LogP contribution in [0.3, 0.4) is 0 Å². The summed E-state index contributed by atoms with van der Waals surface area (Å²) in [7, 11) is 0. The molecule has 1 unspecified atom stereocenters. The predicted molar refractivity (Wildman–Crippen MR) is 75.6 cm³/mol. The van der Waals surface area contributed by atoms with Crippen molar-refractivity contribution in [1.29, 1.82) is 0 Å².